The van der Waals surface area contributed by atoms with E-state index in [1.165, 1.54) is 19.4 Å². The van der Waals surface area contributed by atoms with Crippen molar-refractivity contribution in [2.75, 3.05) is 0 Å². The highest BCUT2D eigenvalue weighted by molar-refractivity contribution is 5.91. The molecule has 1 aromatic heterocycles. The number of furan rings is 1. The molecule has 2 nitrogen and oxygen atoms in total. The summed E-state index contributed by atoms with van der Waals surface area (Å²) in [5.41, 5.74) is 0. The van der Waals surface area contributed by atoms with Crippen molar-refractivity contribution < 1.29 is 9.21 Å². The summed E-state index contributed by atoms with van der Waals surface area (Å²) in [4.78, 5) is 10.7. The van der Waals surface area contributed by atoms with E-state index in [-0.39, 0.29) is 5.78 Å². The highest BCUT2D eigenvalue weighted by Crippen LogP contribution is 2.47. The number of carbonyl (C=O) groups is 1. The highest BCUT2D eigenvalue weighted by atomic mass is 16.3. The van der Waals surface area contributed by atoms with Crippen LogP contribution in [0.1, 0.15) is 37.7 Å². The molecule has 1 fully saturated rings. The minimum Gasteiger partial charge on any atom is -0.461 e. The molecule has 2 heteroatoms. The molecule has 1 saturated carbocycles. The Hall–Kier alpha value is -1.31. The lowest BCUT2D eigenvalue weighted by Gasteiger charge is -1.89. The number of ketones is 1. The summed E-state index contributed by atoms with van der Waals surface area (Å²) in [6.45, 7) is 3.75. The van der Waals surface area contributed by atoms with Crippen LogP contribution >= 0.6 is 0 Å². The zero-order valence-corrected chi connectivity index (χ0v) is 8.49. The number of hydrogen-bond acceptors (Lipinski definition) is 2. The van der Waals surface area contributed by atoms with Gasteiger partial charge >= 0.3 is 0 Å². The quantitative estimate of drug-likeness (QED) is 0.686. The molecular weight excluding hydrogens is 176 g/mol. The third-order valence-corrected chi connectivity index (χ3v) is 2.60. The van der Waals surface area contributed by atoms with E-state index in [1.54, 1.807) is 6.08 Å². The van der Waals surface area contributed by atoms with Crippen molar-refractivity contribution in [3.8, 4) is 0 Å². The fourth-order valence-electron chi connectivity index (χ4n) is 1.58. The maximum Gasteiger partial charge on any atom is 0.152 e. The van der Waals surface area contributed by atoms with Gasteiger partial charge in [0.1, 0.15) is 11.5 Å². The lowest BCUT2D eigenvalue weighted by molar-refractivity contribution is -0.112. The molecule has 0 saturated heterocycles. The fraction of sp³-hybridized carbons (Fsp3) is 0.417. The zero-order valence-electron chi connectivity index (χ0n) is 8.49. The lowest BCUT2D eigenvalue weighted by Crippen LogP contribution is -1.78. The van der Waals surface area contributed by atoms with Gasteiger partial charge in [-0.2, -0.15) is 0 Å². The van der Waals surface area contributed by atoms with E-state index >= 15 is 0 Å². The monoisotopic (exact) mass is 190 g/mol. The van der Waals surface area contributed by atoms with Gasteiger partial charge in [-0.05, 0) is 43.5 Å². The molecule has 74 valence electrons. The minimum absolute atomic E-state index is 0.0442. The number of carbonyl (C=O) groups excluding carboxylic acids is 1. The van der Waals surface area contributed by atoms with Gasteiger partial charge in [-0.25, -0.2) is 0 Å². The molecule has 0 bridgehead atoms. The molecule has 2 atom stereocenters. The Balaban J connectivity index is 2.06. The summed E-state index contributed by atoms with van der Waals surface area (Å²) in [6, 6.07) is 3.92. The van der Waals surface area contributed by atoms with Crippen LogP contribution in [0.15, 0.2) is 22.6 Å². The average Bonchev–Trinajstić information content (AvgIpc) is 2.68. The second kappa shape index (κ2) is 3.45. The maximum absolute atomic E-state index is 10.7. The SMILES string of the molecule is CC(=O)C=Cc1ccc(C2CC2C)o1. The van der Waals surface area contributed by atoms with Crippen molar-refractivity contribution >= 4 is 11.9 Å². The molecule has 0 aliphatic heterocycles. The molecule has 2 rings (SSSR count). The van der Waals surface area contributed by atoms with Crippen LogP contribution in [0.3, 0.4) is 0 Å². The van der Waals surface area contributed by atoms with Crippen molar-refractivity contribution in [2.24, 2.45) is 5.92 Å². The van der Waals surface area contributed by atoms with Crippen LogP contribution < -0.4 is 0 Å². The lowest BCUT2D eigenvalue weighted by atomic mass is 10.3. The zero-order chi connectivity index (χ0) is 10.1. The van der Waals surface area contributed by atoms with Gasteiger partial charge < -0.3 is 4.42 Å². The van der Waals surface area contributed by atoms with E-state index < -0.39 is 0 Å². The van der Waals surface area contributed by atoms with Crippen LogP contribution in [0.4, 0.5) is 0 Å². The van der Waals surface area contributed by atoms with Crippen molar-refractivity contribution in [1.82, 2.24) is 0 Å². The van der Waals surface area contributed by atoms with Crippen molar-refractivity contribution in [1.29, 1.82) is 0 Å². The number of rotatable bonds is 3. The first-order chi connectivity index (χ1) is 6.66. The molecule has 1 aromatic rings. The average molecular weight is 190 g/mol. The van der Waals surface area contributed by atoms with Gasteiger partial charge in [0.15, 0.2) is 5.78 Å². The molecule has 1 aliphatic carbocycles. The Bertz CT molecular complexity index is 373. The third kappa shape index (κ3) is 1.95. The topological polar surface area (TPSA) is 30.2 Å². The van der Waals surface area contributed by atoms with Crippen molar-refractivity contribution in [2.45, 2.75) is 26.2 Å². The summed E-state index contributed by atoms with van der Waals surface area (Å²) in [5, 5.41) is 0. The van der Waals surface area contributed by atoms with E-state index in [1.807, 2.05) is 12.1 Å². The second-order valence-electron chi connectivity index (χ2n) is 4.00. The Kier molecular flexibility index (Phi) is 2.28. The molecule has 0 spiro atoms. The van der Waals surface area contributed by atoms with Gasteiger partial charge in [-0.3, -0.25) is 4.79 Å². The van der Waals surface area contributed by atoms with Gasteiger partial charge in [0.05, 0.1) is 0 Å². The van der Waals surface area contributed by atoms with Crippen LogP contribution in [0, 0.1) is 5.92 Å². The molecular formula is C12H14O2. The highest BCUT2D eigenvalue weighted by Gasteiger charge is 2.36. The third-order valence-electron chi connectivity index (χ3n) is 2.60. The van der Waals surface area contributed by atoms with E-state index in [0.29, 0.717) is 5.92 Å². The first-order valence-electron chi connectivity index (χ1n) is 4.95. The number of allylic oxidation sites excluding steroid dienone is 1. The van der Waals surface area contributed by atoms with Gasteiger partial charge in [-0.1, -0.05) is 6.92 Å². The molecule has 0 amide bonds. The first kappa shape index (κ1) is 9.25. The van der Waals surface area contributed by atoms with Gasteiger partial charge in [0, 0.05) is 5.92 Å². The van der Waals surface area contributed by atoms with Gasteiger partial charge in [0.25, 0.3) is 0 Å². The minimum atomic E-state index is 0.0442. The van der Waals surface area contributed by atoms with E-state index in [0.717, 1.165) is 17.4 Å². The molecule has 0 aromatic carbocycles. The summed E-state index contributed by atoms with van der Waals surface area (Å²) >= 11 is 0. The van der Waals surface area contributed by atoms with E-state index in [9.17, 15) is 4.79 Å². The molecule has 1 heterocycles. The smallest absolute Gasteiger partial charge is 0.152 e. The summed E-state index contributed by atoms with van der Waals surface area (Å²) < 4.78 is 5.59. The second-order valence-corrected chi connectivity index (χ2v) is 4.00. The standard InChI is InChI=1S/C12H14O2/c1-8-7-11(8)12-6-5-10(14-12)4-3-9(2)13/h3-6,8,11H,7H2,1-2H3. The maximum atomic E-state index is 10.7. The van der Waals surface area contributed by atoms with Crippen LogP contribution in [0.2, 0.25) is 0 Å². The first-order valence-corrected chi connectivity index (χ1v) is 4.95. The van der Waals surface area contributed by atoms with Gasteiger partial charge in [-0.15, -0.1) is 0 Å². The van der Waals surface area contributed by atoms with Crippen LogP contribution in [0.5, 0.6) is 0 Å². The normalized spacial score (nSPS) is 25.6. The summed E-state index contributed by atoms with van der Waals surface area (Å²) in [6.07, 6.45) is 4.47. The van der Waals surface area contributed by atoms with E-state index in [2.05, 4.69) is 6.92 Å². The summed E-state index contributed by atoms with van der Waals surface area (Å²) in [7, 11) is 0. The fourth-order valence-corrected chi connectivity index (χ4v) is 1.58. The Morgan fingerprint density at radius 3 is 2.86 bits per heavy atom. The van der Waals surface area contributed by atoms with Crippen molar-refractivity contribution in [3.05, 3.63) is 29.7 Å². The summed E-state index contributed by atoms with van der Waals surface area (Å²) in [5.74, 6) is 3.23. The molecule has 0 radical (unpaired) electrons. The van der Waals surface area contributed by atoms with Crippen LogP contribution in [0.25, 0.3) is 6.08 Å². The largest absolute Gasteiger partial charge is 0.461 e. The predicted octanol–water partition coefficient (Wildman–Crippen LogP) is 3.01. The van der Waals surface area contributed by atoms with E-state index in [4.69, 9.17) is 4.42 Å². The Morgan fingerprint density at radius 1 is 1.57 bits per heavy atom. The number of hydrogen-bond donors (Lipinski definition) is 0. The molecule has 0 N–H and O–H groups in total. The van der Waals surface area contributed by atoms with Crippen LogP contribution in [-0.4, -0.2) is 5.78 Å². The van der Waals surface area contributed by atoms with Gasteiger partial charge in [0.2, 0.25) is 0 Å². The molecule has 1 aliphatic rings. The predicted molar refractivity (Wildman–Crippen MR) is 54.9 cm³/mol. The molecule has 2 unspecified atom stereocenters. The Labute approximate surface area is 83.6 Å². The Morgan fingerprint density at radius 2 is 2.29 bits per heavy atom. The molecule has 14 heavy (non-hydrogen) atoms. The van der Waals surface area contributed by atoms with Crippen LogP contribution in [-0.2, 0) is 4.79 Å². The van der Waals surface area contributed by atoms with Crippen molar-refractivity contribution in [3.63, 3.8) is 0 Å².